The average molecular weight is 622 g/mol. The van der Waals surface area contributed by atoms with Gasteiger partial charge in [0.05, 0.1) is 12.2 Å². The van der Waals surface area contributed by atoms with Gasteiger partial charge in [-0.1, -0.05) is 44.6 Å². The van der Waals surface area contributed by atoms with E-state index in [9.17, 15) is 13.2 Å². The number of hydrogen-bond donors (Lipinski definition) is 2. The normalized spacial score (nSPS) is 22.1. The second-order valence-corrected chi connectivity index (χ2v) is 14.6. The van der Waals surface area contributed by atoms with Crippen molar-refractivity contribution in [3.05, 3.63) is 48.2 Å². The fraction of sp³-hybridized carbons (Fsp3) is 0.562. The molecule has 2 N–H and O–H groups in total. The molecule has 4 bridgehead atoms. The van der Waals surface area contributed by atoms with Crippen LogP contribution in [0.1, 0.15) is 88.4 Å². The number of carbonyl (C=O) groups is 1. The molecule has 12 heteroatoms. The molecule has 1 amide bonds. The smallest absolute Gasteiger partial charge is 0.281 e. The van der Waals surface area contributed by atoms with Gasteiger partial charge in [-0.2, -0.15) is 8.42 Å². The van der Waals surface area contributed by atoms with Gasteiger partial charge in [-0.05, 0) is 75.6 Å². The summed E-state index contributed by atoms with van der Waals surface area (Å²) in [7, 11) is -4.22. The molecule has 1 saturated carbocycles. The van der Waals surface area contributed by atoms with Crippen molar-refractivity contribution < 1.29 is 17.9 Å². The van der Waals surface area contributed by atoms with E-state index in [1.165, 1.54) is 44.6 Å². The molecule has 11 nitrogen and oxygen atoms in total. The number of pyridine rings is 2. The maximum absolute atomic E-state index is 13.6. The summed E-state index contributed by atoms with van der Waals surface area (Å²) in [5.74, 6) is 2.30. The van der Waals surface area contributed by atoms with Gasteiger partial charge in [0.1, 0.15) is 11.6 Å². The molecule has 3 aromatic heterocycles. The molecule has 1 aliphatic carbocycles. The number of nitrogens with zero attached hydrogens (tertiary/aromatic N) is 5. The van der Waals surface area contributed by atoms with Crippen molar-refractivity contribution in [1.29, 1.82) is 0 Å². The molecule has 1 saturated heterocycles. The van der Waals surface area contributed by atoms with Gasteiger partial charge in [0, 0.05) is 30.9 Å². The molecular weight excluding hydrogens is 578 g/mol. The summed E-state index contributed by atoms with van der Waals surface area (Å²) in [6.07, 6.45) is 13.5. The van der Waals surface area contributed by atoms with E-state index >= 15 is 0 Å². The van der Waals surface area contributed by atoms with E-state index in [4.69, 9.17) is 9.72 Å². The van der Waals surface area contributed by atoms with E-state index in [1.807, 2.05) is 6.07 Å². The zero-order valence-electron chi connectivity index (χ0n) is 25.7. The number of hydrogen-bond acceptors (Lipinski definition) is 9. The third-order valence-electron chi connectivity index (χ3n) is 9.19. The highest BCUT2D eigenvalue weighted by Gasteiger charge is 2.41. The highest BCUT2D eigenvalue weighted by molar-refractivity contribution is 7.90. The van der Waals surface area contributed by atoms with Crippen LogP contribution >= 0.6 is 0 Å². The molecule has 236 valence electrons. The molecule has 3 aromatic rings. The lowest BCUT2D eigenvalue weighted by Crippen LogP contribution is -2.41. The van der Waals surface area contributed by atoms with Crippen molar-refractivity contribution in [3.63, 3.8) is 0 Å². The third kappa shape index (κ3) is 6.85. The number of carbonyl (C=O) groups excluding carboxylic acids is 1. The summed E-state index contributed by atoms with van der Waals surface area (Å²) >= 11 is 0. The van der Waals surface area contributed by atoms with Gasteiger partial charge < -0.3 is 15.0 Å². The molecule has 6 rings (SSSR count). The fourth-order valence-corrected chi connectivity index (χ4v) is 7.83. The van der Waals surface area contributed by atoms with E-state index < -0.39 is 15.9 Å². The maximum atomic E-state index is 13.6. The Labute approximate surface area is 259 Å². The monoisotopic (exact) mass is 621 g/mol. The van der Waals surface area contributed by atoms with Crippen LogP contribution in [-0.2, 0) is 10.0 Å². The minimum absolute atomic E-state index is 0.183. The second-order valence-electron chi connectivity index (χ2n) is 13.0. The Morgan fingerprint density at radius 3 is 2.64 bits per heavy atom. The van der Waals surface area contributed by atoms with Gasteiger partial charge in [0.15, 0.2) is 10.8 Å². The summed E-state index contributed by atoms with van der Waals surface area (Å²) in [5, 5.41) is 7.63. The largest absolute Gasteiger partial charge is 0.477 e. The lowest BCUT2D eigenvalue weighted by atomic mass is 9.93. The molecular formula is C32H43N7O4S. The molecule has 0 unspecified atom stereocenters. The molecule has 2 fully saturated rings. The molecule has 0 aromatic carbocycles. The van der Waals surface area contributed by atoms with E-state index in [-0.39, 0.29) is 16.1 Å². The molecule has 2 aliphatic heterocycles. The van der Waals surface area contributed by atoms with Gasteiger partial charge >= 0.3 is 0 Å². The quantitative estimate of drug-likeness (QED) is 0.363. The van der Waals surface area contributed by atoms with Gasteiger partial charge in [-0.15, -0.1) is 5.10 Å². The van der Waals surface area contributed by atoms with E-state index in [2.05, 4.69) is 38.9 Å². The van der Waals surface area contributed by atoms with Crippen molar-refractivity contribution in [2.45, 2.75) is 88.6 Å². The number of anilines is 2. The van der Waals surface area contributed by atoms with E-state index in [0.717, 1.165) is 25.7 Å². The minimum Gasteiger partial charge on any atom is -0.477 e. The van der Waals surface area contributed by atoms with Crippen molar-refractivity contribution in [3.8, 4) is 11.7 Å². The lowest BCUT2D eigenvalue weighted by Gasteiger charge is -2.34. The maximum Gasteiger partial charge on any atom is 0.281 e. The van der Waals surface area contributed by atoms with E-state index in [1.54, 1.807) is 35.1 Å². The number of sulfonamides is 1. The van der Waals surface area contributed by atoms with Crippen LogP contribution in [0.25, 0.3) is 5.82 Å². The summed E-state index contributed by atoms with van der Waals surface area (Å²) in [6.45, 7) is 6.29. The molecule has 1 atom stereocenters. The Balaban J connectivity index is 1.28. The van der Waals surface area contributed by atoms with Crippen LogP contribution in [0.4, 0.5) is 11.6 Å². The molecule has 0 spiro atoms. The zero-order chi connectivity index (χ0) is 30.7. The van der Waals surface area contributed by atoms with E-state index in [0.29, 0.717) is 54.9 Å². The SMILES string of the molecule is CC1(C)C[C@@H]2CCCNc3cccc(n3)S(=O)(=O)NC(=O)c3ccc(-n4ccc(OCCC5CCCCCC5)n4)nc3N1C2. The number of rotatable bonds is 5. The third-order valence-corrected chi connectivity index (χ3v) is 10.4. The van der Waals surface area contributed by atoms with Crippen LogP contribution < -0.4 is 19.7 Å². The summed E-state index contributed by atoms with van der Waals surface area (Å²) in [6, 6.07) is 9.86. The molecule has 44 heavy (non-hydrogen) atoms. The van der Waals surface area contributed by atoms with Crippen molar-refractivity contribution in [2.75, 3.05) is 29.9 Å². The summed E-state index contributed by atoms with van der Waals surface area (Å²) in [5.41, 5.74) is -0.112. The Hall–Kier alpha value is -3.67. The van der Waals surface area contributed by atoms with Crippen LogP contribution in [0.5, 0.6) is 5.88 Å². The lowest BCUT2D eigenvalue weighted by molar-refractivity contribution is 0.0981. The highest BCUT2D eigenvalue weighted by Crippen LogP contribution is 2.39. The molecule has 0 radical (unpaired) electrons. The number of fused-ring (bicyclic) bond motifs is 6. The standard InChI is InChI=1S/C32H43N7O4S/c1-32(2)21-24-11-8-18-33-26-12-7-13-29(34-26)44(41,42)37-31(40)25-14-15-27(35-30(25)38(32)22-24)39-19-16-28(36-39)43-20-17-23-9-5-3-4-6-10-23/h7,12-16,19,23-24H,3-6,8-11,17-18,20-22H2,1-2H3,(H,33,34)(H,37,40)/t24-/m0/s1. The first-order valence-electron chi connectivity index (χ1n) is 15.9. The number of nitrogens with one attached hydrogen (secondary N) is 2. The minimum atomic E-state index is -4.22. The van der Waals surface area contributed by atoms with Crippen molar-refractivity contribution in [1.82, 2.24) is 24.5 Å². The highest BCUT2D eigenvalue weighted by atomic mass is 32.2. The first-order chi connectivity index (χ1) is 21.2. The predicted octanol–water partition coefficient (Wildman–Crippen LogP) is 5.33. The zero-order valence-corrected chi connectivity index (χ0v) is 26.5. The van der Waals surface area contributed by atoms with Crippen LogP contribution in [0, 0.1) is 11.8 Å². The average Bonchev–Trinajstić information content (AvgIpc) is 3.48. The number of aromatic nitrogens is 4. The number of amides is 1. The van der Waals surface area contributed by atoms with Crippen LogP contribution in [0.15, 0.2) is 47.6 Å². The molecule has 5 heterocycles. The Bertz CT molecular complexity index is 1580. The molecule has 3 aliphatic rings. The first-order valence-corrected chi connectivity index (χ1v) is 17.4. The van der Waals surface area contributed by atoms with Gasteiger partial charge in [-0.25, -0.2) is 19.4 Å². The second kappa shape index (κ2) is 12.7. The van der Waals surface area contributed by atoms with Gasteiger partial charge in [0.25, 0.3) is 15.9 Å². The first kappa shape index (κ1) is 30.4. The summed E-state index contributed by atoms with van der Waals surface area (Å²) < 4.78 is 36.3. The predicted molar refractivity (Wildman–Crippen MR) is 169 cm³/mol. The summed E-state index contributed by atoms with van der Waals surface area (Å²) in [4.78, 5) is 24.9. The Kier molecular flexibility index (Phi) is 8.80. The number of ether oxygens (including phenoxy) is 1. The van der Waals surface area contributed by atoms with Gasteiger partial charge in [-0.3, -0.25) is 4.79 Å². The Morgan fingerprint density at radius 2 is 1.82 bits per heavy atom. The van der Waals surface area contributed by atoms with Crippen LogP contribution in [-0.4, -0.2) is 59.3 Å². The fourth-order valence-electron chi connectivity index (χ4n) is 6.90. The van der Waals surface area contributed by atoms with Crippen molar-refractivity contribution in [2.24, 2.45) is 11.8 Å². The Morgan fingerprint density at radius 1 is 1.00 bits per heavy atom. The van der Waals surface area contributed by atoms with Crippen LogP contribution in [0.3, 0.4) is 0 Å². The van der Waals surface area contributed by atoms with Crippen molar-refractivity contribution >= 4 is 27.6 Å². The van der Waals surface area contributed by atoms with Gasteiger partial charge in [0.2, 0.25) is 5.88 Å². The topological polar surface area (TPSA) is 131 Å². The van der Waals surface area contributed by atoms with Crippen LogP contribution in [0.2, 0.25) is 0 Å².